The van der Waals surface area contributed by atoms with Gasteiger partial charge in [-0.1, -0.05) is 49.4 Å². The van der Waals surface area contributed by atoms with Gasteiger partial charge in [0.25, 0.3) is 14.1 Å². The monoisotopic (exact) mass is 751 g/mol. The fraction of sp³-hybridized carbons (Fsp3) is 0.500. The van der Waals surface area contributed by atoms with E-state index in [9.17, 15) is 9.59 Å². The van der Waals surface area contributed by atoms with Crippen molar-refractivity contribution in [2.75, 3.05) is 34.5 Å². The number of aromatic nitrogens is 2. The van der Waals surface area contributed by atoms with Crippen LogP contribution in [0.3, 0.4) is 0 Å². The zero-order valence-electron chi connectivity index (χ0n) is 32.0. The van der Waals surface area contributed by atoms with Gasteiger partial charge in [-0.25, -0.2) is 9.46 Å². The maximum absolute atomic E-state index is 13.2. The maximum atomic E-state index is 13.2. The zero-order valence-corrected chi connectivity index (χ0v) is 32.9. The topological polar surface area (TPSA) is 123 Å². The van der Waals surface area contributed by atoms with E-state index in [1.54, 1.807) is 21.3 Å². The summed E-state index contributed by atoms with van der Waals surface area (Å²) in [5.74, 6) is 1.44. The van der Waals surface area contributed by atoms with Crippen LogP contribution >= 0.6 is 8.53 Å². The lowest BCUT2D eigenvalue weighted by Gasteiger charge is -2.40. The lowest BCUT2D eigenvalue weighted by molar-refractivity contribution is -0.0973. The lowest BCUT2D eigenvalue weighted by atomic mass is 9.76. The second-order valence-electron chi connectivity index (χ2n) is 13.6. The Bertz CT molecular complexity index is 1730. The van der Waals surface area contributed by atoms with Gasteiger partial charge in [0, 0.05) is 31.5 Å². The van der Waals surface area contributed by atoms with Crippen LogP contribution < -0.4 is 20.7 Å². The first kappa shape index (κ1) is 40.6. The molecule has 0 radical (unpaired) electrons. The highest BCUT2D eigenvalue weighted by atomic mass is 31.2. The van der Waals surface area contributed by atoms with Crippen molar-refractivity contribution in [3.8, 4) is 11.5 Å². The van der Waals surface area contributed by atoms with Crippen LogP contribution in [-0.4, -0.2) is 79.2 Å². The van der Waals surface area contributed by atoms with Gasteiger partial charge in [-0.2, -0.15) is 0 Å². The first-order valence-corrected chi connectivity index (χ1v) is 19.4. The summed E-state index contributed by atoms with van der Waals surface area (Å²) in [5, 5.41) is 0. The van der Waals surface area contributed by atoms with Gasteiger partial charge < -0.3 is 32.7 Å². The highest BCUT2D eigenvalue weighted by molar-refractivity contribution is 7.44. The van der Waals surface area contributed by atoms with Gasteiger partial charge in [0.05, 0.1) is 27.4 Å². The quantitative estimate of drug-likeness (QED) is 0.138. The third-order valence-electron chi connectivity index (χ3n) is 9.47. The minimum absolute atomic E-state index is 0.0402. The summed E-state index contributed by atoms with van der Waals surface area (Å²) in [6.45, 7) is 11.0. The van der Waals surface area contributed by atoms with E-state index >= 15 is 0 Å². The van der Waals surface area contributed by atoms with Crippen molar-refractivity contribution in [1.82, 2.24) is 14.2 Å². The Labute approximate surface area is 313 Å². The lowest BCUT2D eigenvalue weighted by Crippen LogP contribution is -2.43. The molecule has 12 nitrogen and oxygen atoms in total. The molecule has 1 N–H and O–H groups in total. The SMILES string of the molecule is CCCOP(OC1C(COC(C2=CC=CCC2)(c2ccc(OC)cc2)c2ccc(OC)cc2)OC(n2ccc(=O)[nH]c2=O)C1OC)N(C(C)C)C(C)C. The molecule has 1 fully saturated rings. The molecule has 288 valence electrons. The van der Waals surface area contributed by atoms with Crippen LogP contribution in [0.2, 0.25) is 0 Å². The van der Waals surface area contributed by atoms with E-state index in [-0.39, 0.29) is 18.7 Å². The molecular formula is C40H54N3O9P. The molecular weight excluding hydrogens is 697 g/mol. The standard InChI is InChI=1S/C40H54N3O9P/c1-9-25-50-53(43(27(2)3)28(4)5)52-36-34(51-38(37(36)48-8)42-24-23-35(44)41-39(42)45)26-49-40(29-13-11-10-12-14-29,30-15-19-32(46-6)20-16-30)31-17-21-33(47-7)22-18-31/h10-11,13,15-24,27-28,34,36-38H,9,12,14,25-26H2,1-8H3,(H,41,44,45). The predicted molar refractivity (Wildman–Crippen MR) is 205 cm³/mol. The van der Waals surface area contributed by atoms with E-state index in [4.69, 9.17) is 32.7 Å². The minimum Gasteiger partial charge on any atom is -0.497 e. The molecule has 53 heavy (non-hydrogen) atoms. The molecule has 0 bridgehead atoms. The largest absolute Gasteiger partial charge is 0.497 e. The molecule has 1 aliphatic carbocycles. The number of aromatic amines is 1. The normalized spacial score (nSPS) is 21.0. The zero-order chi connectivity index (χ0) is 38.1. The molecule has 1 saturated heterocycles. The number of ether oxygens (including phenoxy) is 5. The summed E-state index contributed by atoms with van der Waals surface area (Å²) in [6, 6.07) is 17.3. The Kier molecular flexibility index (Phi) is 14.3. The van der Waals surface area contributed by atoms with E-state index < -0.39 is 49.9 Å². The molecule has 1 aromatic heterocycles. The number of hydrogen-bond donors (Lipinski definition) is 1. The van der Waals surface area contributed by atoms with Gasteiger partial charge in [-0.15, -0.1) is 0 Å². The maximum Gasteiger partial charge on any atom is 0.330 e. The van der Waals surface area contributed by atoms with Crippen LogP contribution in [0.4, 0.5) is 0 Å². The predicted octanol–water partition coefficient (Wildman–Crippen LogP) is 6.86. The molecule has 3 aromatic rings. The van der Waals surface area contributed by atoms with Gasteiger partial charge in [0.15, 0.2) is 6.23 Å². The molecule has 2 aromatic carbocycles. The number of nitrogens with zero attached hydrogens (tertiary/aromatic N) is 2. The first-order valence-electron chi connectivity index (χ1n) is 18.2. The van der Waals surface area contributed by atoms with E-state index in [1.165, 1.54) is 16.8 Å². The second kappa shape index (κ2) is 18.6. The molecule has 2 aliphatic rings. The third-order valence-corrected chi connectivity index (χ3v) is 11.6. The van der Waals surface area contributed by atoms with Gasteiger partial charge in [0.1, 0.15) is 35.4 Å². The Balaban J connectivity index is 1.64. The number of hydrogen-bond acceptors (Lipinski definition) is 10. The van der Waals surface area contributed by atoms with Crippen molar-refractivity contribution in [3.63, 3.8) is 0 Å². The number of H-pyrrole nitrogens is 1. The Morgan fingerprint density at radius 3 is 2.04 bits per heavy atom. The Morgan fingerprint density at radius 2 is 1.55 bits per heavy atom. The Hall–Kier alpha value is -3.61. The number of rotatable bonds is 18. The summed E-state index contributed by atoms with van der Waals surface area (Å²) in [4.78, 5) is 27.6. The molecule has 1 aliphatic heterocycles. The molecule has 5 rings (SSSR count). The summed E-state index contributed by atoms with van der Waals surface area (Å²) >= 11 is 0. The van der Waals surface area contributed by atoms with Crippen molar-refractivity contribution >= 4 is 8.53 Å². The van der Waals surface area contributed by atoms with Crippen LogP contribution in [0.15, 0.2) is 94.2 Å². The molecule has 2 heterocycles. The molecule has 5 atom stereocenters. The van der Waals surface area contributed by atoms with Crippen LogP contribution in [-0.2, 0) is 28.9 Å². The first-order chi connectivity index (χ1) is 25.6. The van der Waals surface area contributed by atoms with Gasteiger partial charge in [-0.3, -0.25) is 14.3 Å². The third kappa shape index (κ3) is 9.03. The highest BCUT2D eigenvalue weighted by Gasteiger charge is 2.51. The smallest absolute Gasteiger partial charge is 0.330 e. The molecule has 0 amide bonds. The van der Waals surface area contributed by atoms with Crippen LogP contribution in [0.25, 0.3) is 0 Å². The second-order valence-corrected chi connectivity index (χ2v) is 15.0. The average Bonchev–Trinajstić information content (AvgIpc) is 3.50. The van der Waals surface area contributed by atoms with Crippen molar-refractivity contribution in [2.45, 2.75) is 96.1 Å². The van der Waals surface area contributed by atoms with Gasteiger partial charge in [0.2, 0.25) is 0 Å². The van der Waals surface area contributed by atoms with E-state index in [0.717, 1.165) is 47.5 Å². The summed E-state index contributed by atoms with van der Waals surface area (Å²) in [6.07, 6.45) is 6.95. The van der Waals surface area contributed by atoms with Crippen molar-refractivity contribution in [1.29, 1.82) is 0 Å². The fourth-order valence-corrected chi connectivity index (χ4v) is 8.88. The highest BCUT2D eigenvalue weighted by Crippen LogP contribution is 2.51. The van der Waals surface area contributed by atoms with Crippen molar-refractivity contribution < 1.29 is 32.7 Å². The van der Waals surface area contributed by atoms with Gasteiger partial charge in [-0.05, 0) is 87.9 Å². The number of benzene rings is 2. The Morgan fingerprint density at radius 1 is 0.925 bits per heavy atom. The molecule has 13 heteroatoms. The van der Waals surface area contributed by atoms with E-state index in [0.29, 0.717) is 6.61 Å². The van der Waals surface area contributed by atoms with Gasteiger partial charge >= 0.3 is 5.69 Å². The minimum atomic E-state index is -1.61. The summed E-state index contributed by atoms with van der Waals surface area (Å²) in [7, 11) is 3.24. The molecule has 0 spiro atoms. The number of allylic oxidation sites excluding steroid dienone is 3. The summed E-state index contributed by atoms with van der Waals surface area (Å²) in [5.41, 5.74) is 0.670. The van der Waals surface area contributed by atoms with E-state index in [2.05, 4.69) is 62.5 Å². The van der Waals surface area contributed by atoms with Crippen LogP contribution in [0.5, 0.6) is 11.5 Å². The van der Waals surface area contributed by atoms with Crippen molar-refractivity contribution in [2.24, 2.45) is 0 Å². The van der Waals surface area contributed by atoms with E-state index in [1.807, 2.05) is 48.5 Å². The molecule has 0 saturated carbocycles. The summed E-state index contributed by atoms with van der Waals surface area (Å²) < 4.78 is 48.2. The molecule has 5 unspecified atom stereocenters. The average molecular weight is 752 g/mol. The number of nitrogens with one attached hydrogen (secondary N) is 1. The van der Waals surface area contributed by atoms with Crippen LogP contribution in [0, 0.1) is 0 Å². The van der Waals surface area contributed by atoms with Crippen LogP contribution in [0.1, 0.15) is 71.2 Å². The van der Waals surface area contributed by atoms with Crippen molar-refractivity contribution in [3.05, 3.63) is 117 Å². The fourth-order valence-electron chi connectivity index (χ4n) is 7.02. The number of methoxy groups -OCH3 is 3.